The molecule has 2 heterocycles. The molecule has 0 saturated heterocycles. The van der Waals surface area contributed by atoms with Gasteiger partial charge in [0.05, 0.1) is 29.7 Å². The van der Waals surface area contributed by atoms with Crippen molar-refractivity contribution < 1.29 is 4.74 Å². The molecule has 5 rings (SSSR count). The summed E-state index contributed by atoms with van der Waals surface area (Å²) in [4.78, 5) is 19.3. The number of ether oxygens (including phenoxy) is 1. The number of rotatable bonds is 7. The van der Waals surface area contributed by atoms with E-state index >= 15 is 0 Å². The summed E-state index contributed by atoms with van der Waals surface area (Å²) in [6.07, 6.45) is 6.62. The van der Waals surface area contributed by atoms with Crippen LogP contribution in [0.25, 0.3) is 16.9 Å². The second-order valence-electron chi connectivity index (χ2n) is 10.1. The Labute approximate surface area is 222 Å². The molecule has 4 aromatic rings. The highest BCUT2D eigenvalue weighted by Gasteiger charge is 2.20. The minimum atomic E-state index is -0.121. The van der Waals surface area contributed by atoms with Gasteiger partial charge in [0.1, 0.15) is 0 Å². The summed E-state index contributed by atoms with van der Waals surface area (Å²) in [6, 6.07) is 18.8. The van der Waals surface area contributed by atoms with E-state index in [-0.39, 0.29) is 11.6 Å². The van der Waals surface area contributed by atoms with Crippen LogP contribution in [-0.2, 0) is 11.8 Å². The molecule has 0 aliphatic heterocycles. The molecule has 1 fully saturated rings. The molecule has 0 N–H and O–H groups in total. The van der Waals surface area contributed by atoms with E-state index in [0.29, 0.717) is 18.2 Å². The van der Waals surface area contributed by atoms with Gasteiger partial charge in [0.2, 0.25) is 0 Å². The third-order valence-electron chi connectivity index (χ3n) is 7.60. The zero-order valence-corrected chi connectivity index (χ0v) is 23.0. The lowest BCUT2D eigenvalue weighted by atomic mass is 9.84. The molecule has 1 aliphatic carbocycles. The number of benzene rings is 2. The Balaban J connectivity index is 1.59. The van der Waals surface area contributed by atoms with E-state index in [1.54, 1.807) is 23.1 Å². The van der Waals surface area contributed by atoms with Gasteiger partial charge in [-0.2, -0.15) is 0 Å². The van der Waals surface area contributed by atoms with Gasteiger partial charge in [-0.25, -0.2) is 9.67 Å². The standard InChI is InChI=1S/C30H36N4O2S/c1-21(19-36-4)33-27(25-17-15-24(16-18-25)23-11-7-5-8-12-23)20-37-30(33)31-28-22(2)32(3)34(29(28)35)26-13-9-6-10-14-26/h6,9-10,13-18,20-21,23H,5,7-8,11-12,19H2,1-4H3. The van der Waals surface area contributed by atoms with Crippen molar-refractivity contribution in [3.8, 4) is 16.9 Å². The SMILES string of the molecule is COCC(C)n1c(-c2ccc(C3CCCCC3)cc2)csc1=Nc1c(C)n(C)n(-c2ccccc2)c1=O. The summed E-state index contributed by atoms with van der Waals surface area (Å²) in [5.41, 5.74) is 5.69. The molecule has 7 heteroatoms. The minimum Gasteiger partial charge on any atom is -0.383 e. The van der Waals surface area contributed by atoms with Gasteiger partial charge in [-0.05, 0) is 55.9 Å². The number of aromatic nitrogens is 3. The Kier molecular flexibility index (Phi) is 7.63. The number of para-hydroxylation sites is 1. The summed E-state index contributed by atoms with van der Waals surface area (Å²) in [7, 11) is 3.62. The van der Waals surface area contributed by atoms with Crippen molar-refractivity contribution in [1.29, 1.82) is 0 Å². The van der Waals surface area contributed by atoms with Crippen LogP contribution in [0.15, 0.2) is 69.8 Å². The molecule has 1 saturated carbocycles. The highest BCUT2D eigenvalue weighted by atomic mass is 32.1. The molecule has 1 aliphatic rings. The van der Waals surface area contributed by atoms with Crippen LogP contribution >= 0.6 is 11.3 Å². The molecule has 1 unspecified atom stereocenters. The van der Waals surface area contributed by atoms with E-state index in [1.165, 1.54) is 37.7 Å². The van der Waals surface area contributed by atoms with E-state index in [9.17, 15) is 4.79 Å². The van der Waals surface area contributed by atoms with Crippen LogP contribution in [0.5, 0.6) is 0 Å². The molecule has 0 spiro atoms. The Bertz CT molecular complexity index is 1470. The summed E-state index contributed by atoms with van der Waals surface area (Å²) in [5, 5.41) is 2.15. The van der Waals surface area contributed by atoms with Crippen LogP contribution < -0.4 is 10.4 Å². The van der Waals surface area contributed by atoms with E-state index in [2.05, 4.69) is 41.1 Å². The fraction of sp³-hybridized carbons (Fsp3) is 0.400. The van der Waals surface area contributed by atoms with E-state index in [0.717, 1.165) is 27.4 Å². The van der Waals surface area contributed by atoms with Crippen molar-refractivity contribution in [2.75, 3.05) is 13.7 Å². The molecule has 2 aromatic heterocycles. The molecular weight excluding hydrogens is 480 g/mol. The third kappa shape index (κ3) is 5.03. The van der Waals surface area contributed by atoms with Crippen LogP contribution in [0.2, 0.25) is 0 Å². The van der Waals surface area contributed by atoms with Crippen LogP contribution in [0.3, 0.4) is 0 Å². The fourth-order valence-corrected chi connectivity index (χ4v) is 6.50. The van der Waals surface area contributed by atoms with Gasteiger partial charge in [-0.1, -0.05) is 61.7 Å². The van der Waals surface area contributed by atoms with Crippen LogP contribution in [0.4, 0.5) is 5.69 Å². The molecule has 0 bridgehead atoms. The van der Waals surface area contributed by atoms with Crippen LogP contribution in [0, 0.1) is 6.92 Å². The molecule has 37 heavy (non-hydrogen) atoms. The molecule has 194 valence electrons. The van der Waals surface area contributed by atoms with Crippen LogP contribution in [0.1, 0.15) is 62.2 Å². The van der Waals surface area contributed by atoms with Gasteiger partial charge in [0.15, 0.2) is 10.5 Å². The van der Waals surface area contributed by atoms with Gasteiger partial charge < -0.3 is 9.30 Å². The monoisotopic (exact) mass is 516 g/mol. The van der Waals surface area contributed by atoms with Gasteiger partial charge >= 0.3 is 0 Å². The number of hydrogen-bond donors (Lipinski definition) is 0. The second kappa shape index (κ2) is 11.1. The first-order chi connectivity index (χ1) is 18.0. The van der Waals surface area contributed by atoms with Crippen molar-refractivity contribution in [2.45, 2.75) is 57.9 Å². The zero-order valence-electron chi connectivity index (χ0n) is 22.2. The quantitative estimate of drug-likeness (QED) is 0.281. The maximum absolute atomic E-state index is 13.5. The molecule has 1 atom stereocenters. The molecule has 2 aromatic carbocycles. The Hall–Kier alpha value is -3.16. The fourth-order valence-electron chi connectivity index (χ4n) is 5.49. The average Bonchev–Trinajstić information content (AvgIpc) is 3.44. The second-order valence-corrected chi connectivity index (χ2v) is 10.9. The van der Waals surface area contributed by atoms with Crippen molar-refractivity contribution in [2.24, 2.45) is 12.0 Å². The Morgan fingerprint density at radius 2 is 1.76 bits per heavy atom. The maximum Gasteiger partial charge on any atom is 0.297 e. The average molecular weight is 517 g/mol. The first-order valence-electron chi connectivity index (χ1n) is 13.2. The van der Waals surface area contributed by atoms with Gasteiger partial charge in [-0.3, -0.25) is 9.48 Å². The lowest BCUT2D eigenvalue weighted by Gasteiger charge is -2.22. The van der Waals surface area contributed by atoms with E-state index in [4.69, 9.17) is 9.73 Å². The summed E-state index contributed by atoms with van der Waals surface area (Å²) >= 11 is 1.56. The Morgan fingerprint density at radius 3 is 2.43 bits per heavy atom. The molecule has 0 radical (unpaired) electrons. The van der Waals surface area contributed by atoms with Crippen LogP contribution in [-0.4, -0.2) is 27.6 Å². The lowest BCUT2D eigenvalue weighted by Crippen LogP contribution is -2.24. The zero-order chi connectivity index (χ0) is 25.9. The van der Waals surface area contributed by atoms with Crippen molar-refractivity contribution in [1.82, 2.24) is 13.9 Å². The minimum absolute atomic E-state index is 0.0587. The number of nitrogens with zero attached hydrogens (tertiary/aromatic N) is 4. The normalized spacial score (nSPS) is 15.8. The predicted molar refractivity (Wildman–Crippen MR) is 151 cm³/mol. The number of thiazole rings is 1. The maximum atomic E-state index is 13.5. The summed E-state index contributed by atoms with van der Waals surface area (Å²) < 4.78 is 11.3. The largest absolute Gasteiger partial charge is 0.383 e. The lowest BCUT2D eigenvalue weighted by molar-refractivity contribution is 0.162. The van der Waals surface area contributed by atoms with E-state index < -0.39 is 0 Å². The van der Waals surface area contributed by atoms with Gasteiger partial charge in [-0.15, -0.1) is 11.3 Å². The van der Waals surface area contributed by atoms with Gasteiger partial charge in [0, 0.05) is 19.5 Å². The topological polar surface area (TPSA) is 53.4 Å². The molecular formula is C30H36N4O2S. The number of hydrogen-bond acceptors (Lipinski definition) is 4. The van der Waals surface area contributed by atoms with E-state index in [1.807, 2.05) is 49.0 Å². The van der Waals surface area contributed by atoms with Gasteiger partial charge in [0.25, 0.3) is 5.56 Å². The van der Waals surface area contributed by atoms with Crippen molar-refractivity contribution in [3.05, 3.63) is 86.4 Å². The highest BCUT2D eigenvalue weighted by Crippen LogP contribution is 2.34. The summed E-state index contributed by atoms with van der Waals surface area (Å²) in [5.74, 6) is 0.684. The first kappa shape index (κ1) is 25.5. The first-order valence-corrected chi connectivity index (χ1v) is 14.1. The highest BCUT2D eigenvalue weighted by molar-refractivity contribution is 7.07. The predicted octanol–water partition coefficient (Wildman–Crippen LogP) is 6.50. The third-order valence-corrected chi connectivity index (χ3v) is 8.44. The molecule has 0 amide bonds. The smallest absolute Gasteiger partial charge is 0.297 e. The van der Waals surface area contributed by atoms with Crippen molar-refractivity contribution >= 4 is 17.0 Å². The Morgan fingerprint density at radius 1 is 1.05 bits per heavy atom. The number of methoxy groups -OCH3 is 1. The summed E-state index contributed by atoms with van der Waals surface area (Å²) in [6.45, 7) is 4.63. The van der Waals surface area contributed by atoms with Crippen molar-refractivity contribution in [3.63, 3.8) is 0 Å². The molecule has 6 nitrogen and oxygen atoms in total.